The molecule has 0 saturated carbocycles. The van der Waals surface area contributed by atoms with Crippen molar-refractivity contribution in [2.24, 2.45) is 0 Å². The van der Waals surface area contributed by atoms with Crippen LogP contribution >= 0.6 is 11.3 Å². The maximum Gasteiger partial charge on any atom is 0.409 e. The second-order valence-electron chi connectivity index (χ2n) is 9.31. The third-order valence-electron chi connectivity index (χ3n) is 6.76. The Morgan fingerprint density at radius 3 is 2.52 bits per heavy atom. The van der Waals surface area contributed by atoms with Crippen LogP contribution < -0.4 is 15.5 Å². The van der Waals surface area contributed by atoms with Gasteiger partial charge < -0.3 is 20.2 Å². The first-order valence-electron chi connectivity index (χ1n) is 12.7. The van der Waals surface area contributed by atoms with Gasteiger partial charge in [0.1, 0.15) is 5.69 Å². The molecule has 6 rings (SSSR count). The van der Waals surface area contributed by atoms with E-state index in [2.05, 4.69) is 32.7 Å². The van der Waals surface area contributed by atoms with Crippen LogP contribution in [0.2, 0.25) is 0 Å². The number of aromatic nitrogens is 4. The zero-order valence-corrected chi connectivity index (χ0v) is 22.4. The van der Waals surface area contributed by atoms with Crippen molar-refractivity contribution in [2.45, 2.75) is 6.92 Å². The molecule has 40 heavy (non-hydrogen) atoms. The molecule has 4 heterocycles. The SMILES string of the molecule is CC(=O)N1CCN(c2ccc(Nc3nccc(-c4c(-c5cccc(NC(=O)O)c5)nc5sccn45)n3)cc2)CC1. The number of imidazole rings is 1. The van der Waals surface area contributed by atoms with E-state index in [1.165, 1.54) is 11.3 Å². The summed E-state index contributed by atoms with van der Waals surface area (Å²) in [5.74, 6) is 0.561. The zero-order chi connectivity index (χ0) is 27.6. The molecule has 5 aromatic rings. The van der Waals surface area contributed by atoms with Gasteiger partial charge in [0.2, 0.25) is 11.9 Å². The number of fused-ring (bicyclic) bond motifs is 1. The minimum Gasteiger partial charge on any atom is -0.465 e. The number of carbonyl (C=O) groups excluding carboxylic acids is 1. The average molecular weight is 555 g/mol. The molecule has 202 valence electrons. The topological polar surface area (TPSA) is 128 Å². The van der Waals surface area contributed by atoms with Crippen LogP contribution in [0.1, 0.15) is 6.92 Å². The van der Waals surface area contributed by atoms with Crippen molar-refractivity contribution in [3.63, 3.8) is 0 Å². The Morgan fingerprint density at radius 1 is 0.975 bits per heavy atom. The highest BCUT2D eigenvalue weighted by Gasteiger charge is 2.20. The fourth-order valence-corrected chi connectivity index (χ4v) is 5.53. The van der Waals surface area contributed by atoms with Crippen molar-refractivity contribution in [1.82, 2.24) is 24.3 Å². The lowest BCUT2D eigenvalue weighted by atomic mass is 10.1. The number of carbonyl (C=O) groups is 2. The number of piperazine rings is 1. The Morgan fingerprint density at radius 2 is 1.77 bits per heavy atom. The molecule has 2 amide bonds. The summed E-state index contributed by atoms with van der Waals surface area (Å²) < 4.78 is 1.98. The molecule has 0 spiro atoms. The molecular weight excluding hydrogens is 528 g/mol. The first-order valence-corrected chi connectivity index (χ1v) is 13.6. The molecule has 0 unspecified atom stereocenters. The lowest BCUT2D eigenvalue weighted by Gasteiger charge is -2.35. The number of nitrogens with one attached hydrogen (secondary N) is 2. The molecule has 1 aliphatic rings. The molecule has 1 aliphatic heterocycles. The first kappa shape index (κ1) is 25.3. The molecule has 3 aromatic heterocycles. The molecule has 0 bridgehead atoms. The Labute approximate surface area is 233 Å². The number of carboxylic acid groups (broad SMARTS) is 1. The Bertz CT molecular complexity index is 1690. The third kappa shape index (κ3) is 5.16. The van der Waals surface area contributed by atoms with E-state index in [9.17, 15) is 9.59 Å². The molecule has 0 aliphatic carbocycles. The van der Waals surface area contributed by atoms with Crippen LogP contribution in [0.25, 0.3) is 27.6 Å². The number of hydrogen-bond donors (Lipinski definition) is 3. The Hall–Kier alpha value is -4.97. The summed E-state index contributed by atoms with van der Waals surface area (Å²) in [6.45, 7) is 4.67. The number of anilines is 4. The number of hydrogen-bond acceptors (Lipinski definition) is 8. The van der Waals surface area contributed by atoms with Gasteiger partial charge in [-0.25, -0.2) is 19.7 Å². The largest absolute Gasteiger partial charge is 0.465 e. The predicted octanol–water partition coefficient (Wildman–Crippen LogP) is 5.02. The van der Waals surface area contributed by atoms with Gasteiger partial charge in [0.15, 0.2) is 4.96 Å². The highest BCUT2D eigenvalue weighted by Crippen LogP contribution is 2.35. The summed E-state index contributed by atoms with van der Waals surface area (Å²) in [5.41, 5.74) is 5.34. The standard InChI is InChI=1S/C28H26N8O3S/c1-18(37)34-11-13-35(14-12-34)22-7-5-20(6-8-22)30-26-29-10-9-23(32-26)25-24(33-27-36(25)15-16-40-27)19-3-2-4-21(17-19)31-28(38)39/h2-10,15-17,31H,11-14H2,1H3,(H,38,39)(H,29,30,32). The quantitative estimate of drug-likeness (QED) is 0.267. The highest BCUT2D eigenvalue weighted by molar-refractivity contribution is 7.15. The fraction of sp³-hybridized carbons (Fsp3) is 0.179. The number of thiazole rings is 1. The average Bonchev–Trinajstić information content (AvgIpc) is 3.55. The first-order chi connectivity index (χ1) is 19.4. The maximum atomic E-state index is 11.6. The van der Waals surface area contributed by atoms with Gasteiger partial charge in [-0.3, -0.25) is 14.5 Å². The lowest BCUT2D eigenvalue weighted by Crippen LogP contribution is -2.48. The van der Waals surface area contributed by atoms with Crippen LogP contribution in [0.5, 0.6) is 0 Å². The van der Waals surface area contributed by atoms with Crippen molar-refractivity contribution in [3.05, 3.63) is 72.4 Å². The van der Waals surface area contributed by atoms with Crippen molar-refractivity contribution in [2.75, 3.05) is 41.7 Å². The molecule has 12 heteroatoms. The van der Waals surface area contributed by atoms with E-state index in [1.54, 1.807) is 31.3 Å². The van der Waals surface area contributed by atoms with Gasteiger partial charge in [-0.1, -0.05) is 12.1 Å². The summed E-state index contributed by atoms with van der Waals surface area (Å²) in [5, 5.41) is 16.8. The molecule has 2 aromatic carbocycles. The van der Waals surface area contributed by atoms with Gasteiger partial charge in [0.05, 0.1) is 11.4 Å². The van der Waals surface area contributed by atoms with Crippen LogP contribution in [0.4, 0.5) is 27.8 Å². The van der Waals surface area contributed by atoms with Crippen LogP contribution in [-0.4, -0.2) is 67.5 Å². The second kappa shape index (κ2) is 10.7. The second-order valence-corrected chi connectivity index (χ2v) is 10.2. The summed E-state index contributed by atoms with van der Waals surface area (Å²) in [7, 11) is 0. The van der Waals surface area contributed by atoms with Gasteiger partial charge >= 0.3 is 6.09 Å². The van der Waals surface area contributed by atoms with E-state index in [0.29, 0.717) is 23.0 Å². The van der Waals surface area contributed by atoms with Crippen molar-refractivity contribution < 1.29 is 14.7 Å². The molecule has 3 N–H and O–H groups in total. The van der Waals surface area contributed by atoms with E-state index in [4.69, 9.17) is 15.1 Å². The van der Waals surface area contributed by atoms with Crippen molar-refractivity contribution in [1.29, 1.82) is 0 Å². The summed E-state index contributed by atoms with van der Waals surface area (Å²) in [6.07, 6.45) is 2.51. The van der Waals surface area contributed by atoms with Gasteiger partial charge in [0, 0.05) is 73.5 Å². The highest BCUT2D eigenvalue weighted by atomic mass is 32.1. The molecule has 0 radical (unpaired) electrons. The van der Waals surface area contributed by atoms with Crippen LogP contribution in [0.3, 0.4) is 0 Å². The van der Waals surface area contributed by atoms with Gasteiger partial charge in [-0.05, 0) is 42.5 Å². The summed E-state index contributed by atoms with van der Waals surface area (Å²) in [4.78, 5) is 41.8. The predicted molar refractivity (Wildman–Crippen MR) is 155 cm³/mol. The smallest absolute Gasteiger partial charge is 0.409 e. The van der Waals surface area contributed by atoms with Gasteiger partial charge in [-0.15, -0.1) is 11.3 Å². The molecule has 1 fully saturated rings. The van der Waals surface area contributed by atoms with Gasteiger partial charge in [-0.2, -0.15) is 0 Å². The summed E-state index contributed by atoms with van der Waals surface area (Å²) >= 11 is 1.51. The normalized spacial score (nSPS) is 13.4. The zero-order valence-electron chi connectivity index (χ0n) is 21.6. The monoisotopic (exact) mass is 554 g/mol. The molecular formula is C28H26N8O3S. The third-order valence-corrected chi connectivity index (χ3v) is 7.52. The summed E-state index contributed by atoms with van der Waals surface area (Å²) in [6, 6.07) is 17.1. The van der Waals surface area contributed by atoms with Crippen molar-refractivity contribution in [3.8, 4) is 22.6 Å². The van der Waals surface area contributed by atoms with Gasteiger partial charge in [0.25, 0.3) is 0 Å². The van der Waals surface area contributed by atoms with Crippen LogP contribution in [-0.2, 0) is 4.79 Å². The molecule has 1 saturated heterocycles. The number of benzene rings is 2. The van der Waals surface area contributed by atoms with E-state index in [-0.39, 0.29) is 5.91 Å². The van der Waals surface area contributed by atoms with E-state index < -0.39 is 6.09 Å². The minimum atomic E-state index is -1.13. The lowest BCUT2D eigenvalue weighted by molar-refractivity contribution is -0.129. The van der Waals surface area contributed by atoms with Crippen LogP contribution in [0.15, 0.2) is 72.4 Å². The Balaban J connectivity index is 1.25. The van der Waals surface area contributed by atoms with E-state index in [0.717, 1.165) is 53.8 Å². The number of rotatable bonds is 6. The van der Waals surface area contributed by atoms with Crippen molar-refractivity contribution >= 4 is 51.3 Å². The number of nitrogens with zero attached hydrogens (tertiary/aromatic N) is 6. The van der Waals surface area contributed by atoms with E-state index in [1.807, 2.05) is 45.1 Å². The molecule has 0 atom stereocenters. The number of amides is 2. The molecule has 11 nitrogen and oxygen atoms in total. The Kier molecular flexibility index (Phi) is 6.74. The minimum absolute atomic E-state index is 0.118. The maximum absolute atomic E-state index is 11.6. The van der Waals surface area contributed by atoms with E-state index >= 15 is 0 Å². The fourth-order valence-electron chi connectivity index (χ4n) is 4.81. The van der Waals surface area contributed by atoms with Crippen LogP contribution in [0, 0.1) is 0 Å².